The van der Waals surface area contributed by atoms with Crippen LogP contribution in [0.15, 0.2) is 29.6 Å². The lowest BCUT2D eigenvalue weighted by atomic mass is 10.1. The fraction of sp³-hybridized carbons (Fsp3) is 0.524. The Labute approximate surface area is 171 Å². The SMILES string of the molecule is COCCCN(Cc1csc(COc2ccc(OC)cc2)n1)C(=O)CC(C)C. The van der Waals surface area contributed by atoms with Gasteiger partial charge < -0.3 is 19.1 Å². The number of methoxy groups -OCH3 is 2. The highest BCUT2D eigenvalue weighted by atomic mass is 32.1. The van der Waals surface area contributed by atoms with Crippen molar-refractivity contribution in [2.45, 2.75) is 39.8 Å². The van der Waals surface area contributed by atoms with Gasteiger partial charge in [-0.15, -0.1) is 11.3 Å². The average Bonchev–Trinajstić information content (AvgIpc) is 3.13. The van der Waals surface area contributed by atoms with E-state index in [0.717, 1.165) is 28.6 Å². The summed E-state index contributed by atoms with van der Waals surface area (Å²) >= 11 is 1.55. The lowest BCUT2D eigenvalue weighted by molar-refractivity contribution is -0.132. The van der Waals surface area contributed by atoms with E-state index < -0.39 is 0 Å². The standard InChI is InChI=1S/C21H30N2O4S/c1-16(2)12-21(24)23(10-5-11-25-3)13-17-15-28-20(22-17)14-27-19-8-6-18(26-4)7-9-19/h6-9,15-16H,5,10-14H2,1-4H3. The second-order valence-electron chi connectivity index (χ2n) is 6.96. The summed E-state index contributed by atoms with van der Waals surface area (Å²) in [6.07, 6.45) is 1.36. The Balaban J connectivity index is 1.92. The maximum Gasteiger partial charge on any atom is 0.223 e. The maximum absolute atomic E-state index is 12.5. The molecular formula is C21H30N2O4S. The van der Waals surface area contributed by atoms with Crippen LogP contribution in [-0.2, 0) is 22.7 Å². The first-order valence-corrected chi connectivity index (χ1v) is 10.4. The number of ether oxygens (including phenoxy) is 3. The van der Waals surface area contributed by atoms with E-state index in [4.69, 9.17) is 14.2 Å². The second-order valence-corrected chi connectivity index (χ2v) is 7.90. The number of carbonyl (C=O) groups excluding carboxylic acids is 1. The van der Waals surface area contributed by atoms with E-state index in [-0.39, 0.29) is 5.91 Å². The molecule has 0 aliphatic carbocycles. The van der Waals surface area contributed by atoms with Gasteiger partial charge in [0.2, 0.25) is 5.91 Å². The lowest BCUT2D eigenvalue weighted by Crippen LogP contribution is -2.33. The summed E-state index contributed by atoms with van der Waals surface area (Å²) in [5.41, 5.74) is 0.896. The van der Waals surface area contributed by atoms with Crippen LogP contribution in [0, 0.1) is 5.92 Å². The van der Waals surface area contributed by atoms with Crippen molar-refractivity contribution in [2.24, 2.45) is 5.92 Å². The van der Waals surface area contributed by atoms with Gasteiger partial charge in [0.15, 0.2) is 0 Å². The molecule has 7 heteroatoms. The van der Waals surface area contributed by atoms with Crippen molar-refractivity contribution in [3.05, 3.63) is 40.3 Å². The molecule has 1 aromatic heterocycles. The molecule has 0 bridgehead atoms. The molecule has 0 atom stereocenters. The van der Waals surface area contributed by atoms with Gasteiger partial charge in [0, 0.05) is 32.1 Å². The number of benzene rings is 1. The average molecular weight is 407 g/mol. The maximum atomic E-state index is 12.5. The number of rotatable bonds is 12. The van der Waals surface area contributed by atoms with Crippen LogP contribution in [0.1, 0.15) is 37.4 Å². The summed E-state index contributed by atoms with van der Waals surface area (Å²) < 4.78 is 16.0. The Hall–Kier alpha value is -2.12. The minimum atomic E-state index is 0.162. The molecule has 0 fully saturated rings. The van der Waals surface area contributed by atoms with Crippen LogP contribution in [0.3, 0.4) is 0 Å². The summed E-state index contributed by atoms with van der Waals surface area (Å²) in [4.78, 5) is 19.1. The topological polar surface area (TPSA) is 60.9 Å². The number of amides is 1. The summed E-state index contributed by atoms with van der Waals surface area (Å²) in [6, 6.07) is 7.46. The molecule has 0 unspecified atom stereocenters. The molecule has 154 valence electrons. The van der Waals surface area contributed by atoms with Crippen LogP contribution in [0.4, 0.5) is 0 Å². The van der Waals surface area contributed by atoms with Crippen LogP contribution >= 0.6 is 11.3 Å². The third kappa shape index (κ3) is 7.48. The number of thiazole rings is 1. The van der Waals surface area contributed by atoms with E-state index in [9.17, 15) is 4.79 Å². The molecule has 0 spiro atoms. The van der Waals surface area contributed by atoms with Gasteiger partial charge in [-0.1, -0.05) is 13.8 Å². The van der Waals surface area contributed by atoms with Gasteiger partial charge in [-0.25, -0.2) is 4.98 Å². The smallest absolute Gasteiger partial charge is 0.223 e. The van der Waals surface area contributed by atoms with Gasteiger partial charge in [-0.2, -0.15) is 0 Å². The van der Waals surface area contributed by atoms with Gasteiger partial charge >= 0.3 is 0 Å². The molecule has 2 rings (SSSR count). The van der Waals surface area contributed by atoms with Crippen molar-refractivity contribution in [1.29, 1.82) is 0 Å². The van der Waals surface area contributed by atoms with Gasteiger partial charge in [-0.3, -0.25) is 4.79 Å². The highest BCUT2D eigenvalue weighted by Crippen LogP contribution is 2.20. The van der Waals surface area contributed by atoms with Crippen molar-refractivity contribution in [2.75, 3.05) is 27.4 Å². The number of nitrogens with zero attached hydrogens (tertiary/aromatic N) is 2. The molecule has 2 aromatic rings. The fourth-order valence-corrected chi connectivity index (χ4v) is 3.37. The molecule has 0 aliphatic heterocycles. The molecule has 0 saturated heterocycles. The zero-order chi connectivity index (χ0) is 20.4. The lowest BCUT2D eigenvalue weighted by Gasteiger charge is -2.22. The third-order valence-electron chi connectivity index (χ3n) is 4.09. The number of carbonyl (C=O) groups is 1. The Morgan fingerprint density at radius 3 is 2.54 bits per heavy atom. The Morgan fingerprint density at radius 1 is 1.18 bits per heavy atom. The van der Waals surface area contributed by atoms with Gasteiger partial charge in [-0.05, 0) is 36.6 Å². The quantitative estimate of drug-likeness (QED) is 0.496. The van der Waals surface area contributed by atoms with Crippen molar-refractivity contribution in [3.8, 4) is 11.5 Å². The first-order chi connectivity index (χ1) is 13.5. The molecule has 0 aliphatic rings. The second kappa shape index (κ2) is 11.7. The van der Waals surface area contributed by atoms with E-state index in [1.54, 1.807) is 25.6 Å². The largest absolute Gasteiger partial charge is 0.497 e. The van der Waals surface area contributed by atoms with Crippen LogP contribution < -0.4 is 9.47 Å². The number of hydrogen-bond acceptors (Lipinski definition) is 6. The fourth-order valence-electron chi connectivity index (χ4n) is 2.67. The Kier molecular flexibility index (Phi) is 9.23. The van der Waals surface area contributed by atoms with Crippen LogP contribution in [0.5, 0.6) is 11.5 Å². The zero-order valence-corrected chi connectivity index (χ0v) is 18.0. The normalized spacial score (nSPS) is 10.9. The van der Waals surface area contributed by atoms with Crippen LogP contribution in [0.25, 0.3) is 0 Å². The van der Waals surface area contributed by atoms with E-state index in [1.165, 1.54) is 0 Å². The minimum Gasteiger partial charge on any atom is -0.497 e. The van der Waals surface area contributed by atoms with Gasteiger partial charge in [0.25, 0.3) is 0 Å². The van der Waals surface area contributed by atoms with Crippen molar-refractivity contribution in [3.63, 3.8) is 0 Å². The highest BCUT2D eigenvalue weighted by Gasteiger charge is 2.16. The molecule has 0 saturated carbocycles. The van der Waals surface area contributed by atoms with Crippen LogP contribution in [0.2, 0.25) is 0 Å². The summed E-state index contributed by atoms with van der Waals surface area (Å²) in [7, 11) is 3.31. The summed E-state index contributed by atoms with van der Waals surface area (Å²) in [5, 5.41) is 2.89. The monoisotopic (exact) mass is 406 g/mol. The van der Waals surface area contributed by atoms with E-state index in [2.05, 4.69) is 18.8 Å². The van der Waals surface area contributed by atoms with E-state index in [1.807, 2.05) is 34.5 Å². The summed E-state index contributed by atoms with van der Waals surface area (Å²) in [5.74, 6) is 2.06. The molecule has 0 N–H and O–H groups in total. The van der Waals surface area contributed by atoms with E-state index >= 15 is 0 Å². The number of aromatic nitrogens is 1. The summed E-state index contributed by atoms with van der Waals surface area (Å²) in [6.45, 7) is 6.36. The first-order valence-electron chi connectivity index (χ1n) is 9.48. The molecular weight excluding hydrogens is 376 g/mol. The first kappa shape index (κ1) is 22.2. The number of hydrogen-bond donors (Lipinski definition) is 0. The minimum absolute atomic E-state index is 0.162. The molecule has 1 amide bonds. The molecule has 28 heavy (non-hydrogen) atoms. The predicted octanol–water partition coefficient (Wildman–Crippen LogP) is 4.14. The van der Waals surface area contributed by atoms with Crippen molar-refractivity contribution in [1.82, 2.24) is 9.88 Å². The highest BCUT2D eigenvalue weighted by molar-refractivity contribution is 7.09. The molecule has 1 aromatic carbocycles. The van der Waals surface area contributed by atoms with Crippen molar-refractivity contribution >= 4 is 17.2 Å². The van der Waals surface area contributed by atoms with Gasteiger partial charge in [0.1, 0.15) is 23.1 Å². The third-order valence-corrected chi connectivity index (χ3v) is 4.96. The molecule has 0 radical (unpaired) electrons. The van der Waals surface area contributed by atoms with Crippen molar-refractivity contribution < 1.29 is 19.0 Å². The molecule has 6 nitrogen and oxygen atoms in total. The Bertz CT molecular complexity index is 715. The predicted molar refractivity (Wildman–Crippen MR) is 111 cm³/mol. The van der Waals surface area contributed by atoms with Gasteiger partial charge in [0.05, 0.1) is 19.3 Å². The van der Waals surface area contributed by atoms with Crippen LogP contribution in [-0.4, -0.2) is 43.2 Å². The Morgan fingerprint density at radius 2 is 1.89 bits per heavy atom. The molecule has 1 heterocycles. The van der Waals surface area contributed by atoms with E-state index in [0.29, 0.717) is 38.6 Å². The zero-order valence-electron chi connectivity index (χ0n) is 17.1.